The van der Waals surface area contributed by atoms with Crippen LogP contribution >= 0.6 is 0 Å². The van der Waals surface area contributed by atoms with Gasteiger partial charge in [-0.3, -0.25) is 4.79 Å². The normalized spacial score (nSPS) is 14.5. The molecule has 3 heteroatoms. The Bertz CT molecular complexity index is 706. The summed E-state index contributed by atoms with van der Waals surface area (Å²) in [4.78, 5) is 11.6. The molecule has 0 bridgehead atoms. The highest BCUT2D eigenvalue weighted by molar-refractivity contribution is 5.79. The Balaban J connectivity index is 0.000000481. The highest BCUT2D eigenvalue weighted by atomic mass is 16.5. The minimum Gasteiger partial charge on any atom is -0.496 e. The number of benzene rings is 2. The maximum Gasteiger partial charge on any atom is 0.223 e. The number of piperidine rings is 1. The highest BCUT2D eigenvalue weighted by Gasteiger charge is 2.21. The number of para-hydroxylation sites is 1. The summed E-state index contributed by atoms with van der Waals surface area (Å²) in [5, 5.41) is 2.93. The van der Waals surface area contributed by atoms with E-state index < -0.39 is 0 Å². The van der Waals surface area contributed by atoms with Crippen molar-refractivity contribution in [3.8, 4) is 18.6 Å². The number of hydrogen-bond donors (Lipinski definition) is 1. The lowest BCUT2D eigenvalue weighted by Crippen LogP contribution is -2.37. The zero-order chi connectivity index (χ0) is 21.4. The topological polar surface area (TPSA) is 38.3 Å². The molecule has 0 spiro atoms. The average Bonchev–Trinajstić information content (AvgIpc) is 2.74. The van der Waals surface area contributed by atoms with Crippen LogP contribution in [-0.2, 0) is 11.2 Å². The van der Waals surface area contributed by atoms with Crippen LogP contribution in [0.4, 0.5) is 0 Å². The van der Waals surface area contributed by atoms with Gasteiger partial charge in [0.25, 0.3) is 0 Å². The maximum absolute atomic E-state index is 11.6. The molecule has 3 rings (SSSR count). The van der Waals surface area contributed by atoms with Crippen LogP contribution in [0, 0.1) is 32.6 Å². The molecular weight excluding hydrogens is 346 g/mol. The number of amides is 1. The van der Waals surface area contributed by atoms with E-state index in [1.165, 1.54) is 16.7 Å². The summed E-state index contributed by atoms with van der Waals surface area (Å²) in [5.41, 5.74) is 3.72. The summed E-state index contributed by atoms with van der Waals surface area (Å²) < 4.78 is 5.04. The van der Waals surface area contributed by atoms with Crippen LogP contribution < -0.4 is 10.1 Å². The molecule has 0 unspecified atom stereocenters. The molecule has 1 aliphatic heterocycles. The average molecular weight is 382 g/mol. The van der Waals surface area contributed by atoms with E-state index in [4.69, 9.17) is 4.74 Å². The molecule has 2 aromatic carbocycles. The van der Waals surface area contributed by atoms with Crippen LogP contribution in [0.25, 0.3) is 0 Å². The van der Waals surface area contributed by atoms with E-state index in [9.17, 15) is 4.79 Å². The molecule has 1 fully saturated rings. The van der Waals surface area contributed by atoms with E-state index in [0.717, 1.165) is 31.6 Å². The van der Waals surface area contributed by atoms with Crippen LogP contribution in [-0.4, -0.2) is 19.6 Å². The summed E-state index contributed by atoms with van der Waals surface area (Å²) >= 11 is 0. The Morgan fingerprint density at radius 2 is 1.75 bits per heavy atom. The first kappa shape index (κ1) is 25.3. The number of aryl methyl sites for hydroxylation is 2. The van der Waals surface area contributed by atoms with E-state index in [1.807, 2.05) is 45.0 Å². The molecule has 0 aliphatic carbocycles. The predicted octanol–water partition coefficient (Wildman–Crippen LogP) is 5.34. The van der Waals surface area contributed by atoms with E-state index in [2.05, 4.69) is 49.4 Å². The quantitative estimate of drug-likeness (QED) is 0.729. The number of rotatable bonds is 3. The van der Waals surface area contributed by atoms with Crippen LogP contribution in [0.1, 0.15) is 43.4 Å². The summed E-state index contributed by atoms with van der Waals surface area (Å²) in [6, 6.07) is 16.4. The minimum atomic E-state index is 0.181. The van der Waals surface area contributed by atoms with Gasteiger partial charge in [-0.05, 0) is 50.3 Å². The van der Waals surface area contributed by atoms with Crippen molar-refractivity contribution in [2.24, 2.45) is 5.92 Å². The van der Waals surface area contributed by atoms with E-state index >= 15 is 0 Å². The lowest BCUT2D eigenvalue weighted by atomic mass is 9.91. The van der Waals surface area contributed by atoms with Crippen molar-refractivity contribution in [2.45, 2.75) is 47.0 Å². The number of carbonyl (C=O) groups excluding carboxylic acids is 1. The first-order chi connectivity index (χ1) is 13.6. The van der Waals surface area contributed by atoms with Gasteiger partial charge in [-0.15, -0.1) is 12.8 Å². The van der Waals surface area contributed by atoms with Crippen molar-refractivity contribution in [1.29, 1.82) is 0 Å². The fraction of sp³-hybridized carbons (Fsp3) is 0.400. The van der Waals surface area contributed by atoms with Gasteiger partial charge in [0.05, 0.1) is 7.11 Å². The number of carbonyl (C=O) groups is 1. The van der Waals surface area contributed by atoms with Gasteiger partial charge in [0.1, 0.15) is 5.75 Å². The van der Waals surface area contributed by atoms with Gasteiger partial charge in [0.2, 0.25) is 5.91 Å². The van der Waals surface area contributed by atoms with Crippen LogP contribution in [0.3, 0.4) is 0 Å². The predicted molar refractivity (Wildman–Crippen MR) is 120 cm³/mol. The number of nitrogens with one attached hydrogen (secondary N) is 1. The maximum atomic E-state index is 11.6. The fourth-order valence-corrected chi connectivity index (χ4v) is 2.94. The molecule has 1 heterocycles. The molecule has 1 amide bonds. The number of ether oxygens (including phenoxy) is 1. The highest BCUT2D eigenvalue weighted by Crippen LogP contribution is 2.18. The Hall–Kier alpha value is -2.73. The molecule has 1 aliphatic rings. The second-order valence-electron chi connectivity index (χ2n) is 6.29. The Morgan fingerprint density at radius 1 is 1.07 bits per heavy atom. The van der Waals surface area contributed by atoms with Crippen molar-refractivity contribution < 1.29 is 9.53 Å². The fourth-order valence-electron chi connectivity index (χ4n) is 2.94. The number of hydrogen-bond acceptors (Lipinski definition) is 2. The summed E-state index contributed by atoms with van der Waals surface area (Å²) in [7, 11) is 1.68. The minimum absolute atomic E-state index is 0.181. The molecule has 0 aromatic heterocycles. The van der Waals surface area contributed by atoms with E-state index in [-0.39, 0.29) is 11.8 Å². The summed E-state index contributed by atoms with van der Waals surface area (Å²) in [6.45, 7) is 8.96. The molecular formula is C25H35NO2. The van der Waals surface area contributed by atoms with Crippen molar-refractivity contribution in [2.75, 3.05) is 13.7 Å². The van der Waals surface area contributed by atoms with Gasteiger partial charge in [-0.1, -0.05) is 61.9 Å². The first-order valence-electron chi connectivity index (χ1n) is 9.86. The molecule has 2 aromatic rings. The monoisotopic (exact) mass is 381 g/mol. The third-order valence-electron chi connectivity index (χ3n) is 4.28. The van der Waals surface area contributed by atoms with Crippen LogP contribution in [0.15, 0.2) is 48.5 Å². The number of methoxy groups -OCH3 is 1. The van der Waals surface area contributed by atoms with Crippen molar-refractivity contribution >= 4 is 5.91 Å². The summed E-state index contributed by atoms with van der Waals surface area (Å²) in [6.07, 6.45) is 11.0. The van der Waals surface area contributed by atoms with Crippen LogP contribution in [0.2, 0.25) is 0 Å². The third-order valence-corrected chi connectivity index (χ3v) is 4.28. The van der Waals surface area contributed by atoms with Gasteiger partial charge in [0.15, 0.2) is 0 Å². The largest absolute Gasteiger partial charge is 0.496 e. The van der Waals surface area contributed by atoms with Gasteiger partial charge in [0, 0.05) is 12.5 Å². The van der Waals surface area contributed by atoms with Gasteiger partial charge in [-0.2, -0.15) is 0 Å². The first-order valence-corrected chi connectivity index (χ1v) is 9.86. The van der Waals surface area contributed by atoms with E-state index in [1.54, 1.807) is 7.11 Å². The second-order valence-corrected chi connectivity index (χ2v) is 6.29. The van der Waals surface area contributed by atoms with Gasteiger partial charge < -0.3 is 10.1 Å². The van der Waals surface area contributed by atoms with Crippen molar-refractivity contribution in [1.82, 2.24) is 5.32 Å². The molecule has 152 valence electrons. The van der Waals surface area contributed by atoms with Gasteiger partial charge in [-0.25, -0.2) is 0 Å². The molecule has 0 saturated carbocycles. The van der Waals surface area contributed by atoms with Crippen molar-refractivity contribution in [3.63, 3.8) is 0 Å². The van der Waals surface area contributed by atoms with E-state index in [0.29, 0.717) is 0 Å². The molecule has 1 atom stereocenters. The lowest BCUT2D eigenvalue weighted by molar-refractivity contribution is -0.126. The zero-order valence-corrected chi connectivity index (χ0v) is 18.0. The molecule has 3 nitrogen and oxygen atoms in total. The van der Waals surface area contributed by atoms with Gasteiger partial charge >= 0.3 is 0 Å². The Morgan fingerprint density at radius 3 is 2.29 bits per heavy atom. The smallest absolute Gasteiger partial charge is 0.223 e. The Kier molecular flexibility index (Phi) is 13.8. The molecule has 0 radical (unpaired) electrons. The van der Waals surface area contributed by atoms with Crippen LogP contribution in [0.5, 0.6) is 5.75 Å². The second kappa shape index (κ2) is 15.3. The number of terminal acetylenes is 1. The molecule has 1 N–H and O–H groups in total. The SMILES string of the molecule is C#C.CC.COc1ccccc1C.Cc1cccc(C[C@@H]2CCCNC2=O)c1. The third kappa shape index (κ3) is 9.28. The van der Waals surface area contributed by atoms with Crippen molar-refractivity contribution in [3.05, 3.63) is 65.2 Å². The molecule has 28 heavy (non-hydrogen) atoms. The molecule has 1 saturated heterocycles. The summed E-state index contributed by atoms with van der Waals surface area (Å²) in [5.74, 6) is 1.36. The zero-order valence-electron chi connectivity index (χ0n) is 18.0. The standard InChI is InChI=1S/C13H17NO.C8H10O.C2H6.C2H2/c1-10-4-2-5-11(8-10)9-12-6-3-7-14-13(12)15;1-7-5-3-4-6-8(7)9-2;2*1-2/h2,4-5,8,12H,3,6-7,9H2,1H3,(H,14,15);3-6H,1-2H3;1-2H3;1-2H/t12-;;;/m0.../s1. The lowest BCUT2D eigenvalue weighted by Gasteiger charge is -2.21. The Labute approximate surface area is 171 Å².